The fraction of sp³-hybridized carbons (Fsp3) is 0.387. The molecular weight excluding hydrogens is 584 g/mol. The molecule has 6 nitrogen and oxygen atoms in total. The van der Waals surface area contributed by atoms with Gasteiger partial charge in [-0.1, -0.05) is 59.6 Å². The summed E-state index contributed by atoms with van der Waals surface area (Å²) in [6, 6.07) is 15.4. The van der Waals surface area contributed by atoms with Gasteiger partial charge in [0.25, 0.3) is 0 Å². The molecule has 2 atom stereocenters. The second-order valence-corrected chi connectivity index (χ2v) is 14.2. The number of halogens is 3. The highest BCUT2D eigenvalue weighted by atomic mass is 35.5. The Balaban J connectivity index is 1.48. The second kappa shape index (κ2) is 13.2. The third kappa shape index (κ3) is 9.25. The predicted octanol–water partition coefficient (Wildman–Crippen LogP) is 6.77. The molecule has 0 saturated heterocycles. The molecule has 10 heteroatoms. The van der Waals surface area contributed by atoms with Crippen LogP contribution in [0.5, 0.6) is 0 Å². The maximum Gasteiger partial charge on any atom is 0.222 e. The lowest BCUT2D eigenvalue weighted by Crippen LogP contribution is -2.37. The van der Waals surface area contributed by atoms with Crippen LogP contribution < -0.4 is 15.4 Å². The average Bonchev–Trinajstić information content (AvgIpc) is 2.89. The highest BCUT2D eigenvalue weighted by Gasteiger charge is 2.27. The summed E-state index contributed by atoms with van der Waals surface area (Å²) in [4.78, 5) is 13.3. The minimum absolute atomic E-state index is 0.0108. The number of benzene rings is 3. The molecule has 0 fully saturated rings. The molecule has 1 aliphatic rings. The Labute approximate surface area is 252 Å². The molecule has 3 N–H and O–H groups in total. The highest BCUT2D eigenvalue weighted by molar-refractivity contribution is 7.88. The van der Waals surface area contributed by atoms with Crippen molar-refractivity contribution in [1.29, 1.82) is 0 Å². The molecule has 0 spiro atoms. The molecule has 0 radical (unpaired) electrons. The monoisotopic (exact) mass is 619 g/mol. The van der Waals surface area contributed by atoms with E-state index in [1.807, 2.05) is 0 Å². The zero-order valence-corrected chi connectivity index (χ0v) is 25.8. The number of nitrogens with one attached hydrogen (secondary N) is 3. The van der Waals surface area contributed by atoms with E-state index >= 15 is 0 Å². The fourth-order valence-electron chi connectivity index (χ4n) is 4.96. The first-order valence-electron chi connectivity index (χ1n) is 13.6. The number of carbonyl (C=O) groups is 1. The molecule has 220 valence electrons. The molecule has 3 aromatic rings. The van der Waals surface area contributed by atoms with Crippen LogP contribution in [0.4, 0.5) is 4.39 Å². The summed E-state index contributed by atoms with van der Waals surface area (Å²) in [6.45, 7) is 7.15. The summed E-state index contributed by atoms with van der Waals surface area (Å²) >= 11 is 12.0. The van der Waals surface area contributed by atoms with Crippen molar-refractivity contribution in [2.24, 2.45) is 0 Å². The SMILES string of the molecule is CC(C)(C)NCc1ccc2c(c1)CCCC2NC(=O)CC(NS(=O)(=O)Cc1ccc(Cl)c(Cl)c1)c1ccc(F)cc1. The molecule has 0 bridgehead atoms. The Morgan fingerprint density at radius 2 is 1.71 bits per heavy atom. The van der Waals surface area contributed by atoms with Crippen LogP contribution in [-0.2, 0) is 33.5 Å². The van der Waals surface area contributed by atoms with Gasteiger partial charge in [-0.15, -0.1) is 0 Å². The summed E-state index contributed by atoms with van der Waals surface area (Å²) in [5.74, 6) is -1.11. The van der Waals surface area contributed by atoms with Crippen molar-refractivity contribution in [3.8, 4) is 0 Å². The number of sulfonamides is 1. The molecule has 0 aliphatic heterocycles. The van der Waals surface area contributed by atoms with Crippen LogP contribution >= 0.6 is 23.2 Å². The quantitative estimate of drug-likeness (QED) is 0.234. The van der Waals surface area contributed by atoms with Crippen LogP contribution in [0.25, 0.3) is 0 Å². The number of aryl methyl sites for hydroxylation is 1. The molecule has 0 saturated carbocycles. The Morgan fingerprint density at radius 1 is 1.00 bits per heavy atom. The van der Waals surface area contributed by atoms with Crippen LogP contribution in [0.15, 0.2) is 60.7 Å². The third-order valence-electron chi connectivity index (χ3n) is 7.00. The lowest BCUT2D eigenvalue weighted by Gasteiger charge is -2.28. The normalized spacial score (nSPS) is 16.2. The van der Waals surface area contributed by atoms with Crippen molar-refractivity contribution in [2.75, 3.05) is 0 Å². The van der Waals surface area contributed by atoms with E-state index in [2.05, 4.69) is 54.3 Å². The second-order valence-electron chi connectivity index (χ2n) is 11.6. The van der Waals surface area contributed by atoms with E-state index in [0.29, 0.717) is 16.1 Å². The molecule has 41 heavy (non-hydrogen) atoms. The number of carbonyl (C=O) groups excluding carboxylic acids is 1. The Hall–Kier alpha value is -2.49. The van der Waals surface area contributed by atoms with Crippen molar-refractivity contribution >= 4 is 39.1 Å². The van der Waals surface area contributed by atoms with E-state index in [-0.39, 0.29) is 34.7 Å². The molecular formula is C31H36Cl2FN3O3S. The van der Waals surface area contributed by atoms with Crippen LogP contribution in [0, 0.1) is 5.82 Å². The van der Waals surface area contributed by atoms with Gasteiger partial charge in [0.1, 0.15) is 5.82 Å². The van der Waals surface area contributed by atoms with Gasteiger partial charge in [0.15, 0.2) is 0 Å². The molecule has 1 aliphatic carbocycles. The number of rotatable bonds is 10. The molecule has 2 unspecified atom stereocenters. The van der Waals surface area contributed by atoms with Gasteiger partial charge in [0, 0.05) is 18.5 Å². The summed E-state index contributed by atoms with van der Waals surface area (Å²) in [5, 5.41) is 7.19. The highest BCUT2D eigenvalue weighted by Crippen LogP contribution is 2.31. The first-order valence-corrected chi connectivity index (χ1v) is 16.0. The molecule has 0 heterocycles. The van der Waals surface area contributed by atoms with Crippen molar-refractivity contribution < 1.29 is 17.6 Å². The maximum absolute atomic E-state index is 13.6. The first-order chi connectivity index (χ1) is 19.3. The molecule has 0 aromatic heterocycles. The van der Waals surface area contributed by atoms with Crippen molar-refractivity contribution in [3.63, 3.8) is 0 Å². The zero-order chi connectivity index (χ0) is 29.8. The topological polar surface area (TPSA) is 87.3 Å². The first kappa shape index (κ1) is 31.4. The van der Waals surface area contributed by atoms with E-state index in [0.717, 1.165) is 31.4 Å². The van der Waals surface area contributed by atoms with Crippen LogP contribution in [0.1, 0.15) is 79.9 Å². The summed E-state index contributed by atoms with van der Waals surface area (Å²) in [7, 11) is -3.90. The van der Waals surface area contributed by atoms with Gasteiger partial charge in [-0.2, -0.15) is 0 Å². The lowest BCUT2D eigenvalue weighted by molar-refractivity contribution is -0.122. The van der Waals surface area contributed by atoms with Crippen LogP contribution in [-0.4, -0.2) is 19.9 Å². The van der Waals surface area contributed by atoms with Crippen molar-refractivity contribution in [2.45, 2.75) is 76.4 Å². The smallest absolute Gasteiger partial charge is 0.222 e. The minimum atomic E-state index is -3.90. The molecule has 3 aromatic carbocycles. The van der Waals surface area contributed by atoms with Gasteiger partial charge in [-0.3, -0.25) is 4.79 Å². The van der Waals surface area contributed by atoms with Crippen molar-refractivity contribution in [3.05, 3.63) is 104 Å². The number of hydrogen-bond acceptors (Lipinski definition) is 4. The lowest BCUT2D eigenvalue weighted by atomic mass is 9.86. The Morgan fingerprint density at radius 3 is 2.39 bits per heavy atom. The summed E-state index contributed by atoms with van der Waals surface area (Å²) in [6.07, 6.45) is 2.53. The van der Waals surface area contributed by atoms with E-state index in [1.165, 1.54) is 47.5 Å². The predicted molar refractivity (Wildman–Crippen MR) is 163 cm³/mol. The number of amides is 1. The van der Waals surface area contributed by atoms with Crippen LogP contribution in [0.3, 0.4) is 0 Å². The standard InChI is InChI=1S/C31H36Cl2FN3O3S/c1-31(2,3)35-18-20-7-13-25-23(15-20)5-4-6-28(25)36-30(38)17-29(22-9-11-24(34)12-10-22)37-41(39,40)19-21-8-14-26(32)27(33)16-21/h7-16,28-29,35,37H,4-6,17-19H2,1-3H3,(H,36,38). The van der Waals surface area contributed by atoms with Gasteiger partial charge < -0.3 is 10.6 Å². The minimum Gasteiger partial charge on any atom is -0.349 e. The van der Waals surface area contributed by atoms with Crippen molar-refractivity contribution in [1.82, 2.24) is 15.4 Å². The molecule has 1 amide bonds. The van der Waals surface area contributed by atoms with E-state index in [1.54, 1.807) is 6.07 Å². The van der Waals surface area contributed by atoms with Gasteiger partial charge in [0.05, 0.1) is 27.9 Å². The van der Waals surface area contributed by atoms with E-state index in [4.69, 9.17) is 23.2 Å². The van der Waals surface area contributed by atoms with Gasteiger partial charge in [-0.25, -0.2) is 17.5 Å². The largest absolute Gasteiger partial charge is 0.349 e. The van der Waals surface area contributed by atoms with E-state index < -0.39 is 21.9 Å². The average molecular weight is 621 g/mol. The Kier molecular flexibility index (Phi) is 10.1. The zero-order valence-electron chi connectivity index (χ0n) is 23.4. The number of fused-ring (bicyclic) bond motifs is 1. The van der Waals surface area contributed by atoms with Gasteiger partial charge in [-0.05, 0) is 92.1 Å². The fourth-order valence-corrected chi connectivity index (χ4v) is 6.64. The van der Waals surface area contributed by atoms with Gasteiger partial charge in [0.2, 0.25) is 15.9 Å². The third-order valence-corrected chi connectivity index (χ3v) is 9.10. The van der Waals surface area contributed by atoms with E-state index in [9.17, 15) is 17.6 Å². The maximum atomic E-state index is 13.6. The Bertz CT molecular complexity index is 1490. The molecule has 4 rings (SSSR count). The van der Waals surface area contributed by atoms with Gasteiger partial charge >= 0.3 is 0 Å². The summed E-state index contributed by atoms with van der Waals surface area (Å²) in [5.41, 5.74) is 4.44. The number of hydrogen-bond donors (Lipinski definition) is 3. The summed E-state index contributed by atoms with van der Waals surface area (Å²) < 4.78 is 42.5. The van der Waals surface area contributed by atoms with Crippen LogP contribution in [0.2, 0.25) is 10.0 Å².